The molecule has 1 rings (SSSR count). The van der Waals surface area contributed by atoms with Crippen LogP contribution in [0, 0.1) is 0 Å². The second kappa shape index (κ2) is 9.02. The van der Waals surface area contributed by atoms with E-state index in [0.29, 0.717) is 30.0 Å². The van der Waals surface area contributed by atoms with E-state index in [0.717, 1.165) is 18.7 Å². The summed E-state index contributed by atoms with van der Waals surface area (Å²) in [6.07, 6.45) is 2.38. The molecular weight excluding hydrogens is 268 g/mol. The molecule has 0 unspecified atom stereocenters. The highest BCUT2D eigenvalue weighted by molar-refractivity contribution is 5.95. The molecule has 0 fully saturated rings. The first-order valence-corrected chi connectivity index (χ1v) is 7.02. The molecule has 0 aromatic heterocycles. The van der Waals surface area contributed by atoms with Gasteiger partial charge in [-0.2, -0.15) is 0 Å². The summed E-state index contributed by atoms with van der Waals surface area (Å²) in [5, 5.41) is 6.02. The Labute approximate surface area is 126 Å². The van der Waals surface area contributed by atoms with Crippen molar-refractivity contribution in [1.29, 1.82) is 0 Å². The molecule has 21 heavy (non-hydrogen) atoms. The van der Waals surface area contributed by atoms with Gasteiger partial charge in [-0.15, -0.1) is 6.58 Å². The second-order valence-electron chi connectivity index (χ2n) is 4.47. The molecule has 0 aliphatic carbocycles. The van der Waals surface area contributed by atoms with Crippen LogP contribution in [-0.2, 0) is 6.42 Å². The molecular formula is C16H24N2O3. The summed E-state index contributed by atoms with van der Waals surface area (Å²) in [6, 6.07) is 3.50. The standard InChI is InChI=1S/C16H24N2O3/c1-5-7-12-10-13(11-14(20-3)15(12)21-4)16(19)18-9-8-17-6-2/h5,10-11,17H,1,6-9H2,2-4H3,(H,18,19). The number of carbonyl (C=O) groups is 1. The van der Waals surface area contributed by atoms with Gasteiger partial charge in [-0.1, -0.05) is 13.0 Å². The van der Waals surface area contributed by atoms with Crippen LogP contribution in [0.25, 0.3) is 0 Å². The van der Waals surface area contributed by atoms with Crippen molar-refractivity contribution in [2.45, 2.75) is 13.3 Å². The molecule has 0 saturated carbocycles. The van der Waals surface area contributed by atoms with Crippen LogP contribution in [0.4, 0.5) is 0 Å². The molecule has 5 nitrogen and oxygen atoms in total. The van der Waals surface area contributed by atoms with E-state index >= 15 is 0 Å². The Morgan fingerprint density at radius 1 is 1.29 bits per heavy atom. The Kier molecular flexibility index (Phi) is 7.32. The van der Waals surface area contributed by atoms with E-state index < -0.39 is 0 Å². The van der Waals surface area contributed by atoms with Gasteiger partial charge in [-0.3, -0.25) is 4.79 Å². The Hall–Kier alpha value is -2.01. The lowest BCUT2D eigenvalue weighted by molar-refractivity contribution is 0.0953. The number of nitrogens with one attached hydrogen (secondary N) is 2. The molecule has 1 amide bonds. The largest absolute Gasteiger partial charge is 0.493 e. The molecule has 116 valence electrons. The molecule has 0 radical (unpaired) electrons. The topological polar surface area (TPSA) is 59.6 Å². The average molecular weight is 292 g/mol. The van der Waals surface area contributed by atoms with Crippen molar-refractivity contribution in [3.8, 4) is 11.5 Å². The average Bonchev–Trinajstić information content (AvgIpc) is 2.50. The number of methoxy groups -OCH3 is 2. The predicted octanol–water partition coefficient (Wildman–Crippen LogP) is 1.77. The Balaban J connectivity index is 2.93. The number of carbonyl (C=O) groups excluding carboxylic acids is 1. The summed E-state index contributed by atoms with van der Waals surface area (Å²) >= 11 is 0. The van der Waals surface area contributed by atoms with Gasteiger partial charge in [-0.25, -0.2) is 0 Å². The summed E-state index contributed by atoms with van der Waals surface area (Å²) in [7, 11) is 3.14. The smallest absolute Gasteiger partial charge is 0.251 e. The van der Waals surface area contributed by atoms with Crippen molar-refractivity contribution >= 4 is 5.91 Å². The van der Waals surface area contributed by atoms with Gasteiger partial charge in [0.15, 0.2) is 11.5 Å². The van der Waals surface area contributed by atoms with E-state index in [1.807, 2.05) is 13.0 Å². The number of amides is 1. The monoisotopic (exact) mass is 292 g/mol. The summed E-state index contributed by atoms with van der Waals surface area (Å²) in [6.45, 7) is 7.96. The molecule has 5 heteroatoms. The van der Waals surface area contributed by atoms with Crippen LogP contribution in [0.15, 0.2) is 24.8 Å². The number of rotatable bonds is 9. The maximum absolute atomic E-state index is 12.2. The van der Waals surface area contributed by atoms with Crippen molar-refractivity contribution in [2.24, 2.45) is 0 Å². The van der Waals surface area contributed by atoms with Gasteiger partial charge in [-0.05, 0) is 25.1 Å². The van der Waals surface area contributed by atoms with Crippen LogP contribution < -0.4 is 20.1 Å². The third-order valence-corrected chi connectivity index (χ3v) is 3.02. The van der Waals surface area contributed by atoms with E-state index in [1.54, 1.807) is 26.4 Å². The highest BCUT2D eigenvalue weighted by Crippen LogP contribution is 2.33. The van der Waals surface area contributed by atoms with E-state index in [2.05, 4.69) is 17.2 Å². The minimum absolute atomic E-state index is 0.126. The van der Waals surface area contributed by atoms with Gasteiger partial charge < -0.3 is 20.1 Å². The van der Waals surface area contributed by atoms with Crippen LogP contribution >= 0.6 is 0 Å². The second-order valence-corrected chi connectivity index (χ2v) is 4.47. The Morgan fingerprint density at radius 3 is 2.62 bits per heavy atom. The van der Waals surface area contributed by atoms with Crippen molar-refractivity contribution in [2.75, 3.05) is 33.9 Å². The van der Waals surface area contributed by atoms with Gasteiger partial charge >= 0.3 is 0 Å². The van der Waals surface area contributed by atoms with E-state index in [1.165, 1.54) is 0 Å². The van der Waals surface area contributed by atoms with Gasteiger partial charge in [0.05, 0.1) is 14.2 Å². The van der Waals surface area contributed by atoms with E-state index in [9.17, 15) is 4.79 Å². The van der Waals surface area contributed by atoms with Crippen molar-refractivity contribution in [3.05, 3.63) is 35.9 Å². The van der Waals surface area contributed by atoms with Gasteiger partial charge in [0.1, 0.15) is 0 Å². The van der Waals surface area contributed by atoms with Crippen molar-refractivity contribution in [1.82, 2.24) is 10.6 Å². The van der Waals surface area contributed by atoms with Crippen LogP contribution in [-0.4, -0.2) is 39.8 Å². The third-order valence-electron chi connectivity index (χ3n) is 3.02. The fourth-order valence-corrected chi connectivity index (χ4v) is 2.02. The molecule has 0 spiro atoms. The molecule has 1 aromatic rings. The highest BCUT2D eigenvalue weighted by atomic mass is 16.5. The summed E-state index contributed by atoms with van der Waals surface area (Å²) in [5.41, 5.74) is 1.43. The highest BCUT2D eigenvalue weighted by Gasteiger charge is 2.15. The lowest BCUT2D eigenvalue weighted by atomic mass is 10.0. The molecule has 0 bridgehead atoms. The lowest BCUT2D eigenvalue weighted by Gasteiger charge is -2.14. The van der Waals surface area contributed by atoms with Crippen molar-refractivity contribution in [3.63, 3.8) is 0 Å². The first kappa shape index (κ1) is 17.0. The fraction of sp³-hybridized carbons (Fsp3) is 0.438. The normalized spacial score (nSPS) is 10.0. The van der Waals surface area contributed by atoms with Gasteiger partial charge in [0.2, 0.25) is 0 Å². The van der Waals surface area contributed by atoms with Gasteiger partial charge in [0, 0.05) is 24.2 Å². The van der Waals surface area contributed by atoms with E-state index in [-0.39, 0.29) is 5.91 Å². The number of allylic oxidation sites excluding steroid dienone is 1. The minimum atomic E-state index is -0.126. The molecule has 1 aromatic carbocycles. The zero-order valence-electron chi connectivity index (χ0n) is 13.0. The van der Waals surface area contributed by atoms with Gasteiger partial charge in [0.25, 0.3) is 5.91 Å². The molecule has 0 aliphatic heterocycles. The Bertz CT molecular complexity index is 487. The molecule has 0 aliphatic rings. The lowest BCUT2D eigenvalue weighted by Crippen LogP contribution is -2.31. The van der Waals surface area contributed by atoms with Crippen LogP contribution in [0.3, 0.4) is 0 Å². The zero-order valence-corrected chi connectivity index (χ0v) is 13.0. The number of ether oxygens (including phenoxy) is 2. The molecule has 0 heterocycles. The first-order valence-electron chi connectivity index (χ1n) is 7.02. The summed E-state index contributed by atoms with van der Waals surface area (Å²) in [5.74, 6) is 1.06. The van der Waals surface area contributed by atoms with E-state index in [4.69, 9.17) is 9.47 Å². The Morgan fingerprint density at radius 2 is 2.05 bits per heavy atom. The zero-order chi connectivity index (χ0) is 15.7. The number of benzene rings is 1. The SMILES string of the molecule is C=CCc1cc(C(=O)NCCNCC)cc(OC)c1OC. The quantitative estimate of drug-likeness (QED) is 0.538. The molecule has 0 saturated heterocycles. The summed E-state index contributed by atoms with van der Waals surface area (Å²) < 4.78 is 10.7. The van der Waals surface area contributed by atoms with Crippen molar-refractivity contribution < 1.29 is 14.3 Å². The predicted molar refractivity (Wildman–Crippen MR) is 84.3 cm³/mol. The number of hydrogen-bond acceptors (Lipinski definition) is 4. The first-order chi connectivity index (χ1) is 10.2. The molecule has 0 atom stereocenters. The minimum Gasteiger partial charge on any atom is -0.493 e. The third kappa shape index (κ3) is 4.79. The maximum Gasteiger partial charge on any atom is 0.251 e. The fourth-order valence-electron chi connectivity index (χ4n) is 2.02. The number of likely N-dealkylation sites (N-methyl/N-ethyl adjacent to an activating group) is 1. The van der Waals surface area contributed by atoms with Crippen LogP contribution in [0.5, 0.6) is 11.5 Å². The summed E-state index contributed by atoms with van der Waals surface area (Å²) in [4.78, 5) is 12.2. The maximum atomic E-state index is 12.2. The van der Waals surface area contributed by atoms with Crippen LogP contribution in [0.1, 0.15) is 22.8 Å². The van der Waals surface area contributed by atoms with Crippen LogP contribution in [0.2, 0.25) is 0 Å². The number of hydrogen-bond donors (Lipinski definition) is 2. The molecule has 2 N–H and O–H groups in total.